The first kappa shape index (κ1) is 14.7. The molecule has 1 aliphatic carbocycles. The smallest absolute Gasteiger partial charge is 0.124 e. The number of aryl methyl sites for hydroxylation is 2. The number of rotatable bonds is 6. The molecule has 0 unspecified atom stereocenters. The summed E-state index contributed by atoms with van der Waals surface area (Å²) in [5.41, 5.74) is 3.49. The van der Waals surface area contributed by atoms with Crippen LogP contribution in [0, 0.1) is 13.8 Å². The fraction of sp³-hybridized carbons (Fsp3) is 0.412. The summed E-state index contributed by atoms with van der Waals surface area (Å²) in [6.45, 7) is 5.48. The molecule has 1 N–H and O–H groups in total. The van der Waals surface area contributed by atoms with Crippen molar-refractivity contribution in [2.24, 2.45) is 0 Å². The Hall–Kier alpha value is -1.26. The third kappa shape index (κ3) is 3.69. The summed E-state index contributed by atoms with van der Waals surface area (Å²) in [4.78, 5) is 0. The van der Waals surface area contributed by atoms with E-state index in [0.29, 0.717) is 12.6 Å². The van der Waals surface area contributed by atoms with Gasteiger partial charge in [0.15, 0.2) is 0 Å². The predicted molar refractivity (Wildman–Crippen MR) is 86.5 cm³/mol. The van der Waals surface area contributed by atoms with Crippen LogP contribution in [0.1, 0.15) is 35.3 Å². The van der Waals surface area contributed by atoms with Crippen LogP contribution >= 0.6 is 15.9 Å². The largest absolute Gasteiger partial charge is 0.489 e. The van der Waals surface area contributed by atoms with Crippen LogP contribution in [0.25, 0.3) is 0 Å². The van der Waals surface area contributed by atoms with E-state index in [2.05, 4.69) is 47.2 Å². The van der Waals surface area contributed by atoms with Gasteiger partial charge in [0.25, 0.3) is 0 Å². The van der Waals surface area contributed by atoms with Gasteiger partial charge in [-0.15, -0.1) is 0 Å². The standard InChI is InChI=1S/C17H20BrNO2/c1-11-7-15(8-12(2)17(11)18)21-10-13-5-6-20-16(13)9-19-14-3-4-14/h5-8,14,19H,3-4,9-10H2,1-2H3. The fourth-order valence-corrected chi connectivity index (χ4v) is 2.55. The third-order valence-corrected chi connectivity index (χ3v) is 5.02. The zero-order valence-corrected chi connectivity index (χ0v) is 14.0. The first-order valence-electron chi connectivity index (χ1n) is 7.31. The fourth-order valence-electron chi connectivity index (χ4n) is 2.33. The topological polar surface area (TPSA) is 34.4 Å². The van der Waals surface area contributed by atoms with Gasteiger partial charge in [0, 0.05) is 16.1 Å². The minimum absolute atomic E-state index is 0.540. The number of nitrogens with one attached hydrogen (secondary N) is 1. The van der Waals surface area contributed by atoms with Gasteiger partial charge in [0.1, 0.15) is 18.1 Å². The summed E-state index contributed by atoms with van der Waals surface area (Å²) in [5, 5.41) is 3.47. The second-order valence-corrected chi connectivity index (χ2v) is 6.48. The molecule has 0 atom stereocenters. The highest BCUT2D eigenvalue weighted by Gasteiger charge is 2.21. The van der Waals surface area contributed by atoms with Crippen LogP contribution in [0.4, 0.5) is 0 Å². The molecule has 0 amide bonds. The van der Waals surface area contributed by atoms with Crippen LogP contribution < -0.4 is 10.1 Å². The lowest BCUT2D eigenvalue weighted by atomic mass is 10.1. The molecule has 0 bridgehead atoms. The number of hydrogen-bond acceptors (Lipinski definition) is 3. The molecular formula is C17H20BrNO2. The number of ether oxygens (including phenoxy) is 1. The zero-order chi connectivity index (χ0) is 14.8. The Morgan fingerprint density at radius 1 is 1.29 bits per heavy atom. The summed E-state index contributed by atoms with van der Waals surface area (Å²) in [5.74, 6) is 1.88. The molecular weight excluding hydrogens is 330 g/mol. The van der Waals surface area contributed by atoms with Gasteiger partial charge in [-0.3, -0.25) is 0 Å². The highest BCUT2D eigenvalue weighted by atomic mass is 79.9. The van der Waals surface area contributed by atoms with E-state index < -0.39 is 0 Å². The molecule has 1 aromatic heterocycles. The minimum Gasteiger partial charge on any atom is -0.489 e. The molecule has 1 aromatic carbocycles. The summed E-state index contributed by atoms with van der Waals surface area (Å²) < 4.78 is 12.6. The van der Waals surface area contributed by atoms with Gasteiger partial charge >= 0.3 is 0 Å². The van der Waals surface area contributed by atoms with E-state index in [4.69, 9.17) is 9.15 Å². The van der Waals surface area contributed by atoms with Gasteiger partial charge in [-0.2, -0.15) is 0 Å². The van der Waals surface area contributed by atoms with Crippen molar-refractivity contribution in [1.29, 1.82) is 0 Å². The molecule has 1 fully saturated rings. The van der Waals surface area contributed by atoms with Crippen molar-refractivity contribution in [3.05, 3.63) is 51.4 Å². The van der Waals surface area contributed by atoms with Crippen LogP contribution in [0.15, 0.2) is 33.4 Å². The van der Waals surface area contributed by atoms with Crippen LogP contribution in [-0.4, -0.2) is 6.04 Å². The van der Waals surface area contributed by atoms with E-state index in [0.717, 1.165) is 28.1 Å². The minimum atomic E-state index is 0.540. The molecule has 3 nitrogen and oxygen atoms in total. The van der Waals surface area contributed by atoms with E-state index >= 15 is 0 Å². The summed E-state index contributed by atoms with van der Waals surface area (Å²) in [7, 11) is 0. The van der Waals surface area contributed by atoms with Crippen LogP contribution in [0.2, 0.25) is 0 Å². The van der Waals surface area contributed by atoms with Crippen molar-refractivity contribution < 1.29 is 9.15 Å². The molecule has 3 rings (SSSR count). The highest BCUT2D eigenvalue weighted by Crippen LogP contribution is 2.27. The van der Waals surface area contributed by atoms with Crippen LogP contribution in [0.5, 0.6) is 5.75 Å². The SMILES string of the molecule is Cc1cc(OCc2ccoc2CNC2CC2)cc(C)c1Br. The van der Waals surface area contributed by atoms with Crippen LogP contribution in [-0.2, 0) is 13.2 Å². The molecule has 21 heavy (non-hydrogen) atoms. The summed E-state index contributed by atoms with van der Waals surface area (Å²) in [6.07, 6.45) is 4.30. The third-order valence-electron chi connectivity index (χ3n) is 3.77. The van der Waals surface area contributed by atoms with Gasteiger partial charge in [-0.25, -0.2) is 0 Å². The van der Waals surface area contributed by atoms with Crippen LogP contribution in [0.3, 0.4) is 0 Å². The van der Waals surface area contributed by atoms with E-state index in [9.17, 15) is 0 Å². The first-order chi connectivity index (χ1) is 10.1. The predicted octanol–water partition coefficient (Wildman–Crippen LogP) is 4.49. The molecule has 0 saturated heterocycles. The number of halogens is 1. The maximum absolute atomic E-state index is 5.92. The summed E-state index contributed by atoms with van der Waals surface area (Å²) >= 11 is 3.58. The Kier molecular flexibility index (Phi) is 4.36. The highest BCUT2D eigenvalue weighted by molar-refractivity contribution is 9.10. The molecule has 1 heterocycles. The lowest BCUT2D eigenvalue weighted by Gasteiger charge is -2.10. The molecule has 4 heteroatoms. The van der Waals surface area contributed by atoms with Gasteiger partial charge in [-0.1, -0.05) is 15.9 Å². The maximum Gasteiger partial charge on any atom is 0.124 e. The molecule has 1 saturated carbocycles. The molecule has 1 aliphatic rings. The van der Waals surface area contributed by atoms with Gasteiger partial charge < -0.3 is 14.5 Å². The monoisotopic (exact) mass is 349 g/mol. The van der Waals surface area contributed by atoms with Crippen molar-refractivity contribution in [2.75, 3.05) is 0 Å². The van der Waals surface area contributed by atoms with Gasteiger partial charge in [0.2, 0.25) is 0 Å². The Labute approximate surface area is 133 Å². The van der Waals surface area contributed by atoms with E-state index in [1.807, 2.05) is 6.07 Å². The Morgan fingerprint density at radius 3 is 2.67 bits per heavy atom. The molecule has 0 radical (unpaired) electrons. The lowest BCUT2D eigenvalue weighted by molar-refractivity contribution is 0.301. The first-order valence-corrected chi connectivity index (χ1v) is 8.11. The van der Waals surface area contributed by atoms with E-state index in [1.54, 1.807) is 6.26 Å². The molecule has 112 valence electrons. The van der Waals surface area contributed by atoms with E-state index in [1.165, 1.54) is 24.0 Å². The maximum atomic E-state index is 5.92. The molecule has 0 aliphatic heterocycles. The Morgan fingerprint density at radius 2 is 2.00 bits per heavy atom. The van der Waals surface area contributed by atoms with Crippen molar-refractivity contribution in [3.63, 3.8) is 0 Å². The second-order valence-electron chi connectivity index (χ2n) is 5.68. The Balaban J connectivity index is 1.63. The normalized spacial score (nSPS) is 14.4. The number of hydrogen-bond donors (Lipinski definition) is 1. The molecule has 2 aromatic rings. The van der Waals surface area contributed by atoms with Crippen molar-refractivity contribution in [2.45, 2.75) is 45.9 Å². The number of furan rings is 1. The van der Waals surface area contributed by atoms with Gasteiger partial charge in [-0.05, 0) is 56.0 Å². The quantitative estimate of drug-likeness (QED) is 0.834. The lowest BCUT2D eigenvalue weighted by Crippen LogP contribution is -2.16. The van der Waals surface area contributed by atoms with Crippen molar-refractivity contribution in [1.82, 2.24) is 5.32 Å². The van der Waals surface area contributed by atoms with Crippen molar-refractivity contribution in [3.8, 4) is 5.75 Å². The van der Waals surface area contributed by atoms with E-state index in [-0.39, 0.29) is 0 Å². The summed E-state index contributed by atoms with van der Waals surface area (Å²) in [6, 6.07) is 6.78. The van der Waals surface area contributed by atoms with Gasteiger partial charge in [0.05, 0.1) is 12.8 Å². The average Bonchev–Trinajstić information content (AvgIpc) is 3.18. The zero-order valence-electron chi connectivity index (χ0n) is 12.4. The Bertz CT molecular complexity index is 608. The van der Waals surface area contributed by atoms with Crippen molar-refractivity contribution >= 4 is 15.9 Å². The number of benzene rings is 1. The molecule has 0 spiro atoms. The average molecular weight is 350 g/mol. The second kappa shape index (κ2) is 6.24.